The van der Waals surface area contributed by atoms with Crippen LogP contribution < -0.4 is 5.32 Å². The van der Waals surface area contributed by atoms with Gasteiger partial charge in [0.1, 0.15) is 0 Å². The van der Waals surface area contributed by atoms with Crippen molar-refractivity contribution in [2.24, 2.45) is 7.05 Å². The molecule has 0 spiro atoms. The molecule has 2 aromatic rings. The van der Waals surface area contributed by atoms with Gasteiger partial charge in [0.2, 0.25) is 0 Å². The van der Waals surface area contributed by atoms with Crippen molar-refractivity contribution in [3.05, 3.63) is 34.5 Å². The molecule has 1 unspecified atom stereocenters. The summed E-state index contributed by atoms with van der Waals surface area (Å²) in [7, 11) is 4.19. The maximum atomic E-state index is 3.34. The predicted octanol–water partition coefficient (Wildman–Crippen LogP) is 3.38. The number of nitrogens with one attached hydrogen (secondary N) is 1. The van der Waals surface area contributed by atoms with Crippen molar-refractivity contribution in [3.63, 3.8) is 0 Å². The second kappa shape index (κ2) is 4.19. The highest BCUT2D eigenvalue weighted by Gasteiger charge is 2.18. The van der Waals surface area contributed by atoms with Gasteiger partial charge in [-0.3, -0.25) is 0 Å². The molecule has 0 fully saturated rings. The van der Waals surface area contributed by atoms with E-state index in [1.807, 2.05) is 7.05 Å². The molecular weight excluding hydrogens is 208 g/mol. The maximum absolute atomic E-state index is 3.34. The largest absolute Gasteiger partial charge is 0.346 e. The summed E-state index contributed by atoms with van der Waals surface area (Å²) in [6.07, 6.45) is 0. The molecular formula is C15H22N2. The van der Waals surface area contributed by atoms with Gasteiger partial charge in [0.25, 0.3) is 0 Å². The Morgan fingerprint density at radius 3 is 2.24 bits per heavy atom. The van der Waals surface area contributed by atoms with Crippen LogP contribution in [-0.4, -0.2) is 11.6 Å². The SMILES string of the molecule is CNC(C)c1c(C)c2c(C)ccc(C)c2n1C. The van der Waals surface area contributed by atoms with Gasteiger partial charge < -0.3 is 9.88 Å². The molecule has 2 heteroatoms. The Morgan fingerprint density at radius 1 is 1.12 bits per heavy atom. The predicted molar refractivity (Wildman–Crippen MR) is 74.6 cm³/mol. The number of aryl methyl sites for hydroxylation is 4. The minimum Gasteiger partial charge on any atom is -0.346 e. The number of fused-ring (bicyclic) bond motifs is 1. The normalized spacial score (nSPS) is 13.3. The summed E-state index contributed by atoms with van der Waals surface area (Å²) in [4.78, 5) is 0. The maximum Gasteiger partial charge on any atom is 0.0515 e. The molecule has 0 aliphatic heterocycles. The van der Waals surface area contributed by atoms with Crippen molar-refractivity contribution in [2.75, 3.05) is 7.05 Å². The number of benzene rings is 1. The highest BCUT2D eigenvalue weighted by Crippen LogP contribution is 2.32. The molecule has 1 N–H and O–H groups in total. The number of rotatable bonds is 2. The van der Waals surface area contributed by atoms with Gasteiger partial charge in [-0.25, -0.2) is 0 Å². The number of hydrogen-bond acceptors (Lipinski definition) is 1. The van der Waals surface area contributed by atoms with Crippen LogP contribution in [0.5, 0.6) is 0 Å². The molecule has 1 aromatic carbocycles. The van der Waals surface area contributed by atoms with Crippen LogP contribution >= 0.6 is 0 Å². The molecule has 1 atom stereocenters. The Kier molecular flexibility index (Phi) is 3.00. The first-order chi connectivity index (χ1) is 7.99. The van der Waals surface area contributed by atoms with Crippen LogP contribution in [0.15, 0.2) is 12.1 Å². The molecule has 0 saturated heterocycles. The van der Waals surface area contributed by atoms with E-state index in [1.54, 1.807) is 0 Å². The van der Waals surface area contributed by atoms with E-state index in [0.717, 1.165) is 0 Å². The van der Waals surface area contributed by atoms with E-state index < -0.39 is 0 Å². The van der Waals surface area contributed by atoms with Crippen LogP contribution in [0, 0.1) is 20.8 Å². The summed E-state index contributed by atoms with van der Waals surface area (Å²) in [6.45, 7) is 8.83. The fraction of sp³-hybridized carbons (Fsp3) is 0.467. The van der Waals surface area contributed by atoms with Crippen molar-refractivity contribution >= 4 is 10.9 Å². The van der Waals surface area contributed by atoms with E-state index in [4.69, 9.17) is 0 Å². The van der Waals surface area contributed by atoms with Gasteiger partial charge in [-0.2, -0.15) is 0 Å². The molecule has 0 saturated carbocycles. The Balaban J connectivity index is 2.90. The van der Waals surface area contributed by atoms with E-state index in [9.17, 15) is 0 Å². The molecule has 1 heterocycles. The Morgan fingerprint density at radius 2 is 1.71 bits per heavy atom. The highest BCUT2D eigenvalue weighted by molar-refractivity contribution is 5.90. The fourth-order valence-electron chi connectivity index (χ4n) is 2.95. The molecule has 1 aromatic heterocycles. The summed E-state index contributed by atoms with van der Waals surface area (Å²) in [5, 5.41) is 4.76. The average Bonchev–Trinajstić information content (AvgIpc) is 2.56. The molecule has 0 aliphatic rings. The van der Waals surface area contributed by atoms with E-state index in [1.165, 1.54) is 33.3 Å². The molecule has 92 valence electrons. The summed E-state index contributed by atoms with van der Waals surface area (Å²) >= 11 is 0. The van der Waals surface area contributed by atoms with Crippen LogP contribution in [0.1, 0.15) is 35.3 Å². The fourth-order valence-corrected chi connectivity index (χ4v) is 2.95. The molecule has 17 heavy (non-hydrogen) atoms. The van der Waals surface area contributed by atoms with Crippen molar-refractivity contribution < 1.29 is 0 Å². The van der Waals surface area contributed by atoms with Gasteiger partial charge in [-0.1, -0.05) is 12.1 Å². The molecule has 0 radical (unpaired) electrons. The number of nitrogens with zero attached hydrogens (tertiary/aromatic N) is 1. The highest BCUT2D eigenvalue weighted by atomic mass is 15.0. The lowest BCUT2D eigenvalue weighted by molar-refractivity contribution is 0.605. The quantitative estimate of drug-likeness (QED) is 0.837. The van der Waals surface area contributed by atoms with Gasteiger partial charge in [0.05, 0.1) is 5.52 Å². The first-order valence-corrected chi connectivity index (χ1v) is 6.21. The topological polar surface area (TPSA) is 17.0 Å². The average molecular weight is 230 g/mol. The van der Waals surface area contributed by atoms with Gasteiger partial charge in [0.15, 0.2) is 0 Å². The second-order valence-corrected chi connectivity index (χ2v) is 5.00. The minimum atomic E-state index is 0.381. The Labute approximate surface area is 104 Å². The summed E-state index contributed by atoms with van der Waals surface area (Å²) in [5.41, 5.74) is 6.89. The first-order valence-electron chi connectivity index (χ1n) is 6.21. The van der Waals surface area contributed by atoms with E-state index in [0.29, 0.717) is 6.04 Å². The standard InChI is InChI=1S/C15H22N2/c1-9-7-8-10(2)14-13(9)11(3)15(17(14)6)12(4)16-5/h7-8,12,16H,1-6H3. The molecule has 0 amide bonds. The molecule has 2 nitrogen and oxygen atoms in total. The Bertz CT molecular complexity index is 519. The van der Waals surface area contributed by atoms with Gasteiger partial charge in [-0.15, -0.1) is 0 Å². The minimum absolute atomic E-state index is 0.381. The monoisotopic (exact) mass is 230 g/mol. The third-order valence-corrected chi connectivity index (χ3v) is 3.89. The molecule has 0 bridgehead atoms. The van der Waals surface area contributed by atoms with E-state index >= 15 is 0 Å². The van der Waals surface area contributed by atoms with Gasteiger partial charge in [0, 0.05) is 24.2 Å². The van der Waals surface area contributed by atoms with Crippen LogP contribution in [-0.2, 0) is 7.05 Å². The zero-order valence-corrected chi connectivity index (χ0v) is 11.7. The number of aromatic nitrogens is 1. The second-order valence-electron chi connectivity index (χ2n) is 5.00. The van der Waals surface area contributed by atoms with Crippen LogP contribution in [0.2, 0.25) is 0 Å². The van der Waals surface area contributed by atoms with Crippen LogP contribution in [0.4, 0.5) is 0 Å². The molecule has 0 aliphatic carbocycles. The van der Waals surface area contributed by atoms with Crippen LogP contribution in [0.25, 0.3) is 10.9 Å². The lowest BCUT2D eigenvalue weighted by Gasteiger charge is -2.13. The zero-order chi connectivity index (χ0) is 12.7. The third-order valence-electron chi connectivity index (χ3n) is 3.89. The summed E-state index contributed by atoms with van der Waals surface area (Å²) in [5.74, 6) is 0. The van der Waals surface area contributed by atoms with E-state index in [2.05, 4.69) is 56.8 Å². The van der Waals surface area contributed by atoms with Crippen molar-refractivity contribution in [2.45, 2.75) is 33.7 Å². The first kappa shape index (κ1) is 12.2. The lowest BCUT2D eigenvalue weighted by Crippen LogP contribution is -2.16. The van der Waals surface area contributed by atoms with Crippen molar-refractivity contribution in [1.82, 2.24) is 9.88 Å². The van der Waals surface area contributed by atoms with Crippen LogP contribution in [0.3, 0.4) is 0 Å². The Hall–Kier alpha value is -1.28. The van der Waals surface area contributed by atoms with Crippen molar-refractivity contribution in [1.29, 1.82) is 0 Å². The molecule has 2 rings (SSSR count). The lowest BCUT2D eigenvalue weighted by atomic mass is 10.0. The van der Waals surface area contributed by atoms with Gasteiger partial charge >= 0.3 is 0 Å². The summed E-state index contributed by atoms with van der Waals surface area (Å²) in [6, 6.07) is 4.81. The third kappa shape index (κ3) is 1.67. The summed E-state index contributed by atoms with van der Waals surface area (Å²) < 4.78 is 2.34. The smallest absolute Gasteiger partial charge is 0.0515 e. The van der Waals surface area contributed by atoms with Crippen molar-refractivity contribution in [3.8, 4) is 0 Å². The number of hydrogen-bond donors (Lipinski definition) is 1. The van der Waals surface area contributed by atoms with Gasteiger partial charge in [-0.05, 0) is 51.4 Å². The van der Waals surface area contributed by atoms with E-state index in [-0.39, 0.29) is 0 Å². The zero-order valence-electron chi connectivity index (χ0n) is 11.7.